The summed E-state index contributed by atoms with van der Waals surface area (Å²) in [5.41, 5.74) is -0.253. The topological polar surface area (TPSA) is 131 Å². The molecular weight excluding hydrogens is 428 g/mol. The van der Waals surface area contributed by atoms with E-state index >= 15 is 0 Å². The molecule has 170 valence electrons. The van der Waals surface area contributed by atoms with Crippen LogP contribution >= 0.6 is 0 Å². The SMILES string of the molecule is COc1cc([N+](=O)[O-])ccc1N1C(=O)[C@@H]2[C@@H](C(C)C)N[C@]3(C(=O)Nc4ccccc43)[C@@H]2C1=O. The van der Waals surface area contributed by atoms with Crippen LogP contribution in [0, 0.1) is 27.9 Å². The highest BCUT2D eigenvalue weighted by molar-refractivity contribution is 6.26. The summed E-state index contributed by atoms with van der Waals surface area (Å²) in [7, 11) is 1.31. The van der Waals surface area contributed by atoms with Gasteiger partial charge in [0.2, 0.25) is 17.7 Å². The third-order valence-corrected chi connectivity index (χ3v) is 6.89. The lowest BCUT2D eigenvalue weighted by atomic mass is 9.76. The van der Waals surface area contributed by atoms with E-state index < -0.39 is 40.2 Å². The lowest BCUT2D eigenvalue weighted by molar-refractivity contribution is -0.384. The fraction of sp³-hybridized carbons (Fsp3) is 0.348. The van der Waals surface area contributed by atoms with Crippen LogP contribution in [0.1, 0.15) is 19.4 Å². The highest BCUT2D eigenvalue weighted by Gasteiger charge is 2.71. The second-order valence-electron chi connectivity index (χ2n) is 8.85. The van der Waals surface area contributed by atoms with Crippen LogP contribution in [-0.4, -0.2) is 35.8 Å². The predicted molar refractivity (Wildman–Crippen MR) is 118 cm³/mol. The maximum atomic E-state index is 13.9. The zero-order chi connectivity index (χ0) is 23.7. The summed E-state index contributed by atoms with van der Waals surface area (Å²) in [6, 6.07) is 10.4. The lowest BCUT2D eigenvalue weighted by Crippen LogP contribution is -2.54. The first-order valence-electron chi connectivity index (χ1n) is 10.6. The number of rotatable bonds is 4. The van der Waals surface area contributed by atoms with Crippen LogP contribution in [0.3, 0.4) is 0 Å². The molecule has 2 aromatic rings. The summed E-state index contributed by atoms with van der Waals surface area (Å²) in [5.74, 6) is -3.15. The molecule has 10 heteroatoms. The Kier molecular flexibility index (Phi) is 4.54. The minimum Gasteiger partial charge on any atom is -0.494 e. The second kappa shape index (κ2) is 7.11. The molecule has 0 aromatic heterocycles. The van der Waals surface area contributed by atoms with E-state index in [4.69, 9.17) is 4.74 Å². The Bertz CT molecular complexity index is 1230. The highest BCUT2D eigenvalue weighted by atomic mass is 16.6. The van der Waals surface area contributed by atoms with Gasteiger partial charge in [-0.2, -0.15) is 0 Å². The van der Waals surface area contributed by atoms with Crippen molar-refractivity contribution in [2.45, 2.75) is 25.4 Å². The van der Waals surface area contributed by atoms with E-state index in [1.807, 2.05) is 13.8 Å². The minimum absolute atomic E-state index is 0.0326. The molecule has 2 fully saturated rings. The van der Waals surface area contributed by atoms with E-state index in [1.165, 1.54) is 25.3 Å². The number of nitrogens with zero attached hydrogens (tertiary/aromatic N) is 2. The van der Waals surface area contributed by atoms with Crippen LogP contribution in [0.15, 0.2) is 42.5 Å². The number of ether oxygens (including phenoxy) is 1. The van der Waals surface area contributed by atoms with Gasteiger partial charge in [0.25, 0.3) is 5.69 Å². The number of fused-ring (bicyclic) bond motifs is 4. The molecule has 0 unspecified atom stereocenters. The van der Waals surface area contributed by atoms with Crippen molar-refractivity contribution in [3.05, 3.63) is 58.1 Å². The predicted octanol–water partition coefficient (Wildman–Crippen LogP) is 2.18. The number of carbonyl (C=O) groups excluding carboxylic acids is 3. The average Bonchev–Trinajstić information content (AvgIpc) is 3.38. The molecule has 0 aliphatic carbocycles. The molecule has 0 radical (unpaired) electrons. The Morgan fingerprint density at radius 3 is 2.52 bits per heavy atom. The number of para-hydroxylation sites is 1. The number of methoxy groups -OCH3 is 1. The van der Waals surface area contributed by atoms with E-state index in [0.717, 1.165) is 4.90 Å². The number of nitro groups is 1. The number of carbonyl (C=O) groups is 3. The summed E-state index contributed by atoms with van der Waals surface area (Å²) in [6.45, 7) is 3.86. The van der Waals surface area contributed by atoms with Gasteiger partial charge in [-0.25, -0.2) is 4.90 Å². The first kappa shape index (κ1) is 21.1. The van der Waals surface area contributed by atoms with Crippen LogP contribution in [0.4, 0.5) is 17.1 Å². The average molecular weight is 450 g/mol. The zero-order valence-corrected chi connectivity index (χ0v) is 18.2. The third kappa shape index (κ3) is 2.67. The Morgan fingerprint density at radius 1 is 1.12 bits per heavy atom. The summed E-state index contributed by atoms with van der Waals surface area (Å²) in [5, 5.41) is 17.4. The van der Waals surface area contributed by atoms with Gasteiger partial charge in [0.1, 0.15) is 11.3 Å². The maximum absolute atomic E-state index is 13.9. The van der Waals surface area contributed by atoms with Crippen molar-refractivity contribution >= 4 is 34.8 Å². The van der Waals surface area contributed by atoms with Gasteiger partial charge >= 0.3 is 0 Å². The Morgan fingerprint density at radius 2 is 1.85 bits per heavy atom. The van der Waals surface area contributed by atoms with E-state index in [2.05, 4.69) is 10.6 Å². The first-order chi connectivity index (χ1) is 15.7. The molecule has 3 amide bonds. The number of nitrogens with one attached hydrogen (secondary N) is 2. The van der Waals surface area contributed by atoms with Gasteiger partial charge in [-0.05, 0) is 18.1 Å². The van der Waals surface area contributed by atoms with Crippen molar-refractivity contribution in [3.63, 3.8) is 0 Å². The van der Waals surface area contributed by atoms with Gasteiger partial charge in [-0.3, -0.25) is 29.8 Å². The van der Waals surface area contributed by atoms with E-state index in [1.54, 1.807) is 24.3 Å². The number of anilines is 2. The summed E-state index contributed by atoms with van der Waals surface area (Å²) < 4.78 is 5.29. The number of hydrogen-bond donors (Lipinski definition) is 2. The second-order valence-corrected chi connectivity index (χ2v) is 8.85. The van der Waals surface area contributed by atoms with Crippen molar-refractivity contribution < 1.29 is 24.0 Å². The summed E-state index contributed by atoms with van der Waals surface area (Å²) in [4.78, 5) is 52.5. The number of benzene rings is 2. The lowest BCUT2D eigenvalue weighted by Gasteiger charge is -2.30. The zero-order valence-electron chi connectivity index (χ0n) is 18.2. The minimum atomic E-state index is -1.38. The van der Waals surface area contributed by atoms with Gasteiger partial charge in [-0.15, -0.1) is 0 Å². The number of non-ortho nitro benzene ring substituents is 1. The monoisotopic (exact) mass is 450 g/mol. The number of imide groups is 1. The largest absolute Gasteiger partial charge is 0.494 e. The van der Waals surface area contributed by atoms with Crippen molar-refractivity contribution in [1.82, 2.24) is 5.32 Å². The third-order valence-electron chi connectivity index (χ3n) is 6.89. The fourth-order valence-electron chi connectivity index (χ4n) is 5.47. The van der Waals surface area contributed by atoms with E-state index in [9.17, 15) is 24.5 Å². The van der Waals surface area contributed by atoms with Crippen LogP contribution < -0.4 is 20.3 Å². The molecule has 3 heterocycles. The van der Waals surface area contributed by atoms with Crippen LogP contribution in [0.5, 0.6) is 5.75 Å². The molecule has 3 aliphatic heterocycles. The van der Waals surface area contributed by atoms with Crippen molar-refractivity contribution in [3.8, 4) is 5.75 Å². The van der Waals surface area contributed by atoms with Gasteiger partial charge in [0, 0.05) is 23.4 Å². The smallest absolute Gasteiger partial charge is 0.273 e. The molecule has 4 atom stereocenters. The fourth-order valence-corrected chi connectivity index (χ4v) is 5.47. The standard InChI is InChI=1S/C23H22N4O6/c1-11(2)19-17-18(23(25-19)13-6-4-5-7-14(13)24-22(23)30)21(29)26(20(17)28)15-9-8-12(27(31)32)10-16(15)33-3/h4-11,17-19,25H,1-3H3,(H,24,30)/t17-,18-,19+,23-/m0/s1. The molecule has 2 saturated heterocycles. The molecule has 5 rings (SSSR count). The molecule has 0 bridgehead atoms. The van der Waals surface area contributed by atoms with Crippen molar-refractivity contribution in [1.29, 1.82) is 0 Å². The van der Waals surface area contributed by atoms with E-state index in [-0.39, 0.29) is 28.9 Å². The van der Waals surface area contributed by atoms with Gasteiger partial charge in [0.05, 0.1) is 35.6 Å². The Labute approximate surface area is 189 Å². The maximum Gasteiger partial charge on any atom is 0.273 e. The van der Waals surface area contributed by atoms with Crippen LogP contribution in [0.2, 0.25) is 0 Å². The van der Waals surface area contributed by atoms with Gasteiger partial charge in [-0.1, -0.05) is 32.0 Å². The molecule has 33 heavy (non-hydrogen) atoms. The summed E-state index contributed by atoms with van der Waals surface area (Å²) in [6.07, 6.45) is 0. The first-order valence-corrected chi connectivity index (χ1v) is 10.6. The van der Waals surface area contributed by atoms with Crippen molar-refractivity contribution in [2.24, 2.45) is 17.8 Å². The van der Waals surface area contributed by atoms with Gasteiger partial charge in [0.15, 0.2) is 0 Å². The quantitative estimate of drug-likeness (QED) is 0.415. The van der Waals surface area contributed by atoms with Crippen LogP contribution in [0.25, 0.3) is 0 Å². The molecular formula is C23H22N4O6. The number of amides is 3. The number of hydrogen-bond acceptors (Lipinski definition) is 7. The molecule has 1 spiro atoms. The van der Waals surface area contributed by atoms with E-state index in [0.29, 0.717) is 11.3 Å². The molecule has 2 aromatic carbocycles. The highest BCUT2D eigenvalue weighted by Crippen LogP contribution is 2.55. The Hall–Kier alpha value is -3.79. The summed E-state index contributed by atoms with van der Waals surface area (Å²) >= 11 is 0. The van der Waals surface area contributed by atoms with Crippen molar-refractivity contribution in [2.75, 3.05) is 17.3 Å². The molecule has 10 nitrogen and oxygen atoms in total. The van der Waals surface area contributed by atoms with Crippen LogP contribution in [-0.2, 0) is 19.9 Å². The Balaban J connectivity index is 1.67. The molecule has 2 N–H and O–H groups in total. The van der Waals surface area contributed by atoms with Gasteiger partial charge < -0.3 is 10.1 Å². The normalized spacial score (nSPS) is 27.8. The molecule has 0 saturated carbocycles. The molecule has 3 aliphatic rings. The number of nitro benzene ring substituents is 1.